The van der Waals surface area contributed by atoms with Gasteiger partial charge in [0.25, 0.3) is 0 Å². The lowest BCUT2D eigenvalue weighted by Crippen LogP contribution is -2.44. The van der Waals surface area contributed by atoms with Crippen LogP contribution in [0.2, 0.25) is 0 Å². The molecule has 0 aliphatic carbocycles. The first kappa shape index (κ1) is 17.3. The summed E-state index contributed by atoms with van der Waals surface area (Å²) in [6.07, 6.45) is 3.23. The monoisotopic (exact) mass is 337 g/mol. The zero-order valence-corrected chi connectivity index (χ0v) is 14.4. The largest absolute Gasteiger partial charge is 0.387 e. The van der Waals surface area contributed by atoms with Gasteiger partial charge in [0.15, 0.2) is 5.82 Å². The summed E-state index contributed by atoms with van der Waals surface area (Å²) in [6, 6.07) is 13.6. The molecular weight excluding hydrogens is 314 g/mol. The van der Waals surface area contributed by atoms with E-state index in [0.29, 0.717) is 18.2 Å². The molecule has 1 aromatic carbocycles. The predicted octanol–water partition coefficient (Wildman–Crippen LogP) is 1.98. The molecule has 6 nitrogen and oxygen atoms in total. The maximum Gasteiger partial charge on any atom is 0.151 e. The number of anilines is 1. The Bertz CT molecular complexity index is 705. The topological polar surface area (TPSA) is 76.3 Å². The third-order valence-corrected chi connectivity index (χ3v) is 4.88. The highest BCUT2D eigenvalue weighted by atomic mass is 16.3. The Morgan fingerprint density at radius 1 is 1.28 bits per heavy atom. The predicted molar refractivity (Wildman–Crippen MR) is 96.0 cm³/mol. The highest BCUT2D eigenvalue weighted by Crippen LogP contribution is 2.22. The first-order valence-electron chi connectivity index (χ1n) is 8.58. The average molecular weight is 337 g/mol. The molecule has 1 fully saturated rings. The maximum absolute atomic E-state index is 10.4. The van der Waals surface area contributed by atoms with Crippen LogP contribution in [0.1, 0.15) is 30.1 Å². The van der Waals surface area contributed by atoms with Crippen molar-refractivity contribution < 1.29 is 5.11 Å². The number of likely N-dealkylation sites (tertiary alicyclic amines) is 1. The van der Waals surface area contributed by atoms with Crippen molar-refractivity contribution in [2.45, 2.75) is 25.0 Å². The summed E-state index contributed by atoms with van der Waals surface area (Å²) in [5.41, 5.74) is 1.47. The molecule has 0 bridgehead atoms. The van der Waals surface area contributed by atoms with Gasteiger partial charge in [-0.15, -0.1) is 5.10 Å². The second-order valence-corrected chi connectivity index (χ2v) is 6.47. The smallest absolute Gasteiger partial charge is 0.151 e. The Labute approximate surface area is 148 Å². The van der Waals surface area contributed by atoms with Crippen LogP contribution in [0.5, 0.6) is 0 Å². The number of hydrogen-bond acceptors (Lipinski definition) is 6. The number of aliphatic hydroxyl groups excluding tert-OH is 1. The van der Waals surface area contributed by atoms with Crippen LogP contribution in [0.15, 0.2) is 42.6 Å². The summed E-state index contributed by atoms with van der Waals surface area (Å²) in [7, 11) is 2.07. The molecule has 1 unspecified atom stereocenters. The molecule has 1 saturated heterocycles. The molecule has 1 aliphatic rings. The number of benzene rings is 1. The van der Waals surface area contributed by atoms with E-state index in [4.69, 9.17) is 5.26 Å². The van der Waals surface area contributed by atoms with Crippen molar-refractivity contribution in [2.24, 2.45) is 0 Å². The van der Waals surface area contributed by atoms with E-state index in [0.717, 1.165) is 37.3 Å². The summed E-state index contributed by atoms with van der Waals surface area (Å²) in [5, 5.41) is 27.4. The van der Waals surface area contributed by atoms with E-state index in [1.165, 1.54) is 0 Å². The van der Waals surface area contributed by atoms with Crippen molar-refractivity contribution in [3.63, 3.8) is 0 Å². The van der Waals surface area contributed by atoms with Gasteiger partial charge in [-0.25, -0.2) is 0 Å². The van der Waals surface area contributed by atoms with Crippen molar-refractivity contribution in [2.75, 3.05) is 31.6 Å². The second kappa shape index (κ2) is 8.06. The number of piperidine rings is 1. The Morgan fingerprint density at radius 2 is 2.00 bits per heavy atom. The van der Waals surface area contributed by atoms with Crippen LogP contribution >= 0.6 is 0 Å². The van der Waals surface area contributed by atoms with Gasteiger partial charge in [-0.3, -0.25) is 0 Å². The van der Waals surface area contributed by atoms with E-state index in [-0.39, 0.29) is 0 Å². The Morgan fingerprint density at radius 3 is 2.60 bits per heavy atom. The summed E-state index contributed by atoms with van der Waals surface area (Å²) in [5.74, 6) is 0.901. The lowest BCUT2D eigenvalue weighted by atomic mass is 10.0. The number of hydrogen-bond donors (Lipinski definition) is 1. The fraction of sp³-hybridized carbons (Fsp3) is 0.421. The van der Waals surface area contributed by atoms with Crippen molar-refractivity contribution >= 4 is 5.82 Å². The van der Waals surface area contributed by atoms with E-state index in [9.17, 15) is 5.11 Å². The quantitative estimate of drug-likeness (QED) is 0.899. The van der Waals surface area contributed by atoms with E-state index in [2.05, 4.69) is 33.1 Å². The minimum atomic E-state index is -0.526. The van der Waals surface area contributed by atoms with Crippen LogP contribution in [0.4, 0.5) is 5.82 Å². The maximum atomic E-state index is 10.4. The van der Waals surface area contributed by atoms with Crippen molar-refractivity contribution in [1.29, 1.82) is 5.26 Å². The molecule has 6 heteroatoms. The molecule has 1 atom stereocenters. The van der Waals surface area contributed by atoms with E-state index < -0.39 is 6.10 Å². The van der Waals surface area contributed by atoms with Crippen LogP contribution in [-0.2, 0) is 0 Å². The van der Waals surface area contributed by atoms with E-state index in [1.807, 2.05) is 24.3 Å². The summed E-state index contributed by atoms with van der Waals surface area (Å²) in [6.45, 7) is 2.51. The number of aromatic nitrogens is 2. The molecule has 25 heavy (non-hydrogen) atoms. The van der Waals surface area contributed by atoms with Crippen LogP contribution in [0, 0.1) is 11.3 Å². The van der Waals surface area contributed by atoms with Crippen molar-refractivity contribution in [3.05, 3.63) is 53.7 Å². The molecule has 2 heterocycles. The Kier molecular flexibility index (Phi) is 5.59. The Hall–Kier alpha value is -2.49. The standard InChI is InChI=1S/C19H23N5O/c1-23(19-3-2-10-21-22-19)17-8-11-24(12-9-17)14-18(25)16-6-4-15(13-20)5-7-16/h2-7,10,17-18,25H,8-9,11-12,14H2,1H3. The van der Waals surface area contributed by atoms with Crippen LogP contribution < -0.4 is 4.90 Å². The number of nitriles is 1. The first-order valence-corrected chi connectivity index (χ1v) is 8.58. The highest BCUT2D eigenvalue weighted by Gasteiger charge is 2.24. The Balaban J connectivity index is 1.51. The first-order chi connectivity index (χ1) is 12.2. The number of aliphatic hydroxyl groups is 1. The van der Waals surface area contributed by atoms with Gasteiger partial charge in [0, 0.05) is 38.9 Å². The zero-order valence-electron chi connectivity index (χ0n) is 14.4. The van der Waals surface area contributed by atoms with Gasteiger partial charge >= 0.3 is 0 Å². The molecule has 1 N–H and O–H groups in total. The third kappa shape index (κ3) is 4.32. The SMILES string of the molecule is CN(c1cccnn1)C1CCN(CC(O)c2ccc(C#N)cc2)CC1. The molecular formula is C19H23N5O. The molecule has 130 valence electrons. The fourth-order valence-corrected chi connectivity index (χ4v) is 3.29. The minimum Gasteiger partial charge on any atom is -0.387 e. The summed E-state index contributed by atoms with van der Waals surface area (Å²) < 4.78 is 0. The molecule has 1 aromatic heterocycles. The van der Waals surface area contributed by atoms with E-state index in [1.54, 1.807) is 18.3 Å². The van der Waals surface area contributed by atoms with Gasteiger partial charge in [0.05, 0.1) is 17.7 Å². The van der Waals surface area contributed by atoms with Gasteiger partial charge in [0.2, 0.25) is 0 Å². The van der Waals surface area contributed by atoms with Crippen LogP contribution in [0.25, 0.3) is 0 Å². The lowest BCUT2D eigenvalue weighted by Gasteiger charge is -2.37. The van der Waals surface area contributed by atoms with Gasteiger partial charge in [-0.1, -0.05) is 12.1 Å². The van der Waals surface area contributed by atoms with E-state index >= 15 is 0 Å². The van der Waals surface area contributed by atoms with Crippen molar-refractivity contribution in [1.82, 2.24) is 15.1 Å². The van der Waals surface area contributed by atoms with Crippen LogP contribution in [-0.4, -0.2) is 52.9 Å². The molecule has 3 rings (SSSR count). The van der Waals surface area contributed by atoms with Crippen molar-refractivity contribution in [3.8, 4) is 6.07 Å². The highest BCUT2D eigenvalue weighted by molar-refractivity contribution is 5.36. The second-order valence-electron chi connectivity index (χ2n) is 6.47. The molecule has 2 aromatic rings. The summed E-state index contributed by atoms with van der Waals surface area (Å²) in [4.78, 5) is 4.49. The number of β-amino-alcohol motifs (C(OH)–C–C–N with tert-alkyl or cyclic N) is 1. The molecule has 0 saturated carbocycles. The zero-order chi connectivity index (χ0) is 17.6. The minimum absolute atomic E-state index is 0.444. The normalized spacial score (nSPS) is 17.0. The molecule has 0 radical (unpaired) electrons. The number of rotatable bonds is 5. The third-order valence-electron chi connectivity index (χ3n) is 4.88. The fourth-order valence-electron chi connectivity index (χ4n) is 3.29. The molecule has 1 aliphatic heterocycles. The van der Waals surface area contributed by atoms with Gasteiger partial charge < -0.3 is 14.9 Å². The number of nitrogens with zero attached hydrogens (tertiary/aromatic N) is 5. The molecule has 0 amide bonds. The van der Waals surface area contributed by atoms with Crippen LogP contribution in [0.3, 0.4) is 0 Å². The molecule has 0 spiro atoms. The van der Waals surface area contributed by atoms with Gasteiger partial charge in [-0.05, 0) is 42.7 Å². The lowest BCUT2D eigenvalue weighted by molar-refractivity contribution is 0.0972. The van der Waals surface area contributed by atoms with Gasteiger partial charge in [-0.2, -0.15) is 10.4 Å². The van der Waals surface area contributed by atoms with Gasteiger partial charge in [0.1, 0.15) is 0 Å². The summed E-state index contributed by atoms with van der Waals surface area (Å²) >= 11 is 0. The average Bonchev–Trinajstić information content (AvgIpc) is 2.68.